The van der Waals surface area contributed by atoms with Gasteiger partial charge in [-0.25, -0.2) is 0 Å². The molecule has 0 bridgehead atoms. The van der Waals surface area contributed by atoms with Crippen molar-refractivity contribution in [3.63, 3.8) is 0 Å². The predicted molar refractivity (Wildman–Crippen MR) is 122 cm³/mol. The van der Waals surface area contributed by atoms with E-state index in [-0.39, 0.29) is 11.5 Å². The van der Waals surface area contributed by atoms with Gasteiger partial charge in [-0.05, 0) is 85.4 Å². The van der Waals surface area contributed by atoms with E-state index in [0.717, 1.165) is 63.2 Å². The SMILES string of the molecule is C[C@]12CCC(=O)C[C@@H]1C[C@H](CCCCCCCC(=O)O)[C@@H]1[C@@H]2CC[C@]2(C)[C@@H](O)CC[C@@H]12. The lowest BCUT2D eigenvalue weighted by Gasteiger charge is -2.62. The van der Waals surface area contributed by atoms with Gasteiger partial charge in [-0.1, -0.05) is 46.0 Å². The molecule has 0 aliphatic heterocycles. The van der Waals surface area contributed by atoms with Crippen LogP contribution in [-0.2, 0) is 9.59 Å². The van der Waals surface area contributed by atoms with Crippen molar-refractivity contribution in [1.82, 2.24) is 0 Å². The third-order valence-corrected chi connectivity index (χ3v) is 10.6. The lowest BCUT2D eigenvalue weighted by Crippen LogP contribution is -2.57. The number of carbonyl (C=O) groups is 2. The Morgan fingerprint density at radius 2 is 1.68 bits per heavy atom. The number of carboxylic acids is 1. The molecule has 4 saturated carbocycles. The minimum atomic E-state index is -0.683. The van der Waals surface area contributed by atoms with Crippen molar-refractivity contribution in [2.24, 2.45) is 40.4 Å². The molecule has 4 nitrogen and oxygen atoms in total. The van der Waals surface area contributed by atoms with Crippen LogP contribution in [0.15, 0.2) is 0 Å². The number of Topliss-reactive ketones (excluding diaryl/α,β-unsaturated/α-hetero) is 1. The summed E-state index contributed by atoms with van der Waals surface area (Å²) in [5.41, 5.74) is 0.421. The maximum atomic E-state index is 12.3. The van der Waals surface area contributed by atoms with Gasteiger partial charge in [0.05, 0.1) is 6.10 Å². The first-order valence-electron chi connectivity index (χ1n) is 13.2. The van der Waals surface area contributed by atoms with Crippen LogP contribution in [0.25, 0.3) is 0 Å². The highest BCUT2D eigenvalue weighted by Crippen LogP contribution is 2.67. The van der Waals surface area contributed by atoms with Gasteiger partial charge in [-0.3, -0.25) is 9.59 Å². The number of aliphatic hydroxyl groups excluding tert-OH is 1. The predicted octanol–water partition coefficient (Wildman–Crippen LogP) is 6.00. The third-order valence-electron chi connectivity index (χ3n) is 10.6. The molecule has 4 aliphatic rings. The van der Waals surface area contributed by atoms with E-state index in [0.29, 0.717) is 35.4 Å². The van der Waals surface area contributed by atoms with E-state index < -0.39 is 5.97 Å². The van der Waals surface area contributed by atoms with Gasteiger partial charge in [0.25, 0.3) is 0 Å². The second kappa shape index (κ2) is 9.15. The number of rotatable bonds is 8. The minimum absolute atomic E-state index is 0.101. The van der Waals surface area contributed by atoms with E-state index >= 15 is 0 Å². The molecule has 0 heterocycles. The van der Waals surface area contributed by atoms with Crippen LogP contribution < -0.4 is 0 Å². The van der Waals surface area contributed by atoms with Crippen molar-refractivity contribution >= 4 is 11.8 Å². The second-order valence-electron chi connectivity index (χ2n) is 12.1. The molecule has 2 N–H and O–H groups in total. The molecule has 8 atom stereocenters. The van der Waals surface area contributed by atoms with E-state index in [4.69, 9.17) is 5.11 Å². The van der Waals surface area contributed by atoms with E-state index in [1.54, 1.807) is 0 Å². The number of aliphatic hydroxyl groups is 1. The summed E-state index contributed by atoms with van der Waals surface area (Å²) in [4.78, 5) is 23.0. The van der Waals surface area contributed by atoms with Crippen molar-refractivity contribution in [2.45, 2.75) is 116 Å². The van der Waals surface area contributed by atoms with Crippen LogP contribution in [-0.4, -0.2) is 28.1 Å². The molecule has 0 aromatic heterocycles. The summed E-state index contributed by atoms with van der Waals surface area (Å²) >= 11 is 0. The van der Waals surface area contributed by atoms with E-state index in [1.807, 2.05) is 0 Å². The lowest BCUT2D eigenvalue weighted by molar-refractivity contribution is -0.156. The average Bonchev–Trinajstić information content (AvgIpc) is 3.02. The first-order valence-corrected chi connectivity index (χ1v) is 13.2. The molecular formula is C27H44O4. The molecule has 0 unspecified atom stereocenters. The van der Waals surface area contributed by atoms with Crippen molar-refractivity contribution in [1.29, 1.82) is 0 Å². The summed E-state index contributed by atoms with van der Waals surface area (Å²) in [6, 6.07) is 0. The zero-order valence-corrected chi connectivity index (χ0v) is 19.8. The number of fused-ring (bicyclic) bond motifs is 5. The van der Waals surface area contributed by atoms with Crippen molar-refractivity contribution in [3.8, 4) is 0 Å². The topological polar surface area (TPSA) is 74.6 Å². The Labute approximate surface area is 188 Å². The Morgan fingerprint density at radius 1 is 0.968 bits per heavy atom. The summed E-state index contributed by atoms with van der Waals surface area (Å²) in [7, 11) is 0. The van der Waals surface area contributed by atoms with Gasteiger partial charge in [-0.15, -0.1) is 0 Å². The van der Waals surface area contributed by atoms with Crippen LogP contribution >= 0.6 is 0 Å². The molecule has 31 heavy (non-hydrogen) atoms. The van der Waals surface area contributed by atoms with E-state index in [1.165, 1.54) is 38.5 Å². The van der Waals surface area contributed by atoms with Crippen LogP contribution in [0.1, 0.15) is 110 Å². The summed E-state index contributed by atoms with van der Waals surface area (Å²) in [5, 5.41) is 19.6. The van der Waals surface area contributed by atoms with Gasteiger partial charge in [0.2, 0.25) is 0 Å². The van der Waals surface area contributed by atoms with Gasteiger partial charge >= 0.3 is 5.97 Å². The van der Waals surface area contributed by atoms with Crippen LogP contribution in [0.3, 0.4) is 0 Å². The van der Waals surface area contributed by atoms with Gasteiger partial charge in [-0.2, -0.15) is 0 Å². The fourth-order valence-corrected chi connectivity index (χ4v) is 8.70. The molecule has 0 amide bonds. The standard InChI is InChI=1S/C27H44O4/c1-26-14-12-20(28)17-19(26)16-18(8-6-4-3-5-7-9-24(30)31)25-21-10-11-23(29)27(21,2)15-13-22(25)26/h18-19,21-23,25,29H,3-17H2,1-2H3,(H,30,31)/t18-,19-,21-,22-,23-,25-,26-,27-/m0/s1. The molecule has 0 aromatic carbocycles. The zero-order valence-electron chi connectivity index (χ0n) is 19.8. The molecule has 0 radical (unpaired) electrons. The largest absolute Gasteiger partial charge is 0.481 e. The molecule has 4 heteroatoms. The quantitative estimate of drug-likeness (QED) is 0.461. The monoisotopic (exact) mass is 432 g/mol. The van der Waals surface area contributed by atoms with Gasteiger partial charge in [0, 0.05) is 19.3 Å². The van der Waals surface area contributed by atoms with Gasteiger partial charge in [0.1, 0.15) is 5.78 Å². The second-order valence-corrected chi connectivity index (χ2v) is 12.1. The minimum Gasteiger partial charge on any atom is -0.481 e. The zero-order chi connectivity index (χ0) is 22.2. The Hall–Kier alpha value is -0.900. The highest BCUT2D eigenvalue weighted by atomic mass is 16.4. The summed E-state index contributed by atoms with van der Waals surface area (Å²) < 4.78 is 0. The lowest BCUT2D eigenvalue weighted by atomic mass is 9.42. The first kappa shape index (κ1) is 23.3. The molecule has 0 spiro atoms. The van der Waals surface area contributed by atoms with Crippen LogP contribution in [0.5, 0.6) is 0 Å². The number of aliphatic carboxylic acids is 1. The smallest absolute Gasteiger partial charge is 0.303 e. The number of ketones is 1. The highest BCUT2D eigenvalue weighted by molar-refractivity contribution is 5.79. The number of hydrogen-bond acceptors (Lipinski definition) is 3. The van der Waals surface area contributed by atoms with Crippen LogP contribution in [0, 0.1) is 40.4 Å². The van der Waals surface area contributed by atoms with Crippen molar-refractivity contribution in [3.05, 3.63) is 0 Å². The van der Waals surface area contributed by atoms with E-state index in [2.05, 4.69) is 13.8 Å². The average molecular weight is 433 g/mol. The summed E-state index contributed by atoms with van der Waals surface area (Å²) in [6.07, 6.45) is 15.2. The van der Waals surface area contributed by atoms with E-state index in [9.17, 15) is 14.7 Å². The van der Waals surface area contributed by atoms with Crippen LogP contribution in [0.4, 0.5) is 0 Å². The Bertz CT molecular complexity index is 674. The molecule has 0 saturated heterocycles. The van der Waals surface area contributed by atoms with Gasteiger partial charge < -0.3 is 10.2 Å². The molecular weight excluding hydrogens is 388 g/mol. The Morgan fingerprint density at radius 3 is 2.45 bits per heavy atom. The maximum Gasteiger partial charge on any atom is 0.303 e. The molecule has 4 fully saturated rings. The molecule has 176 valence electrons. The number of carbonyl (C=O) groups excluding carboxylic acids is 1. The van der Waals surface area contributed by atoms with Crippen LogP contribution in [0.2, 0.25) is 0 Å². The van der Waals surface area contributed by atoms with Crippen molar-refractivity contribution in [2.75, 3.05) is 0 Å². The Kier molecular flexibility index (Phi) is 6.87. The molecule has 4 rings (SSSR count). The number of unbranched alkanes of at least 4 members (excludes halogenated alkanes) is 4. The number of carboxylic acid groups (broad SMARTS) is 1. The fourth-order valence-electron chi connectivity index (χ4n) is 8.70. The van der Waals surface area contributed by atoms with Gasteiger partial charge in [0.15, 0.2) is 0 Å². The first-order chi connectivity index (χ1) is 14.8. The maximum absolute atomic E-state index is 12.3. The summed E-state index contributed by atoms with van der Waals surface area (Å²) in [5.74, 6) is 3.15. The normalized spacial score (nSPS) is 44.4. The molecule has 0 aromatic rings. The number of hydrogen-bond donors (Lipinski definition) is 2. The Balaban J connectivity index is 1.44. The third kappa shape index (κ3) is 4.35. The molecule has 4 aliphatic carbocycles. The highest BCUT2D eigenvalue weighted by Gasteiger charge is 2.62. The fraction of sp³-hybridized carbons (Fsp3) is 0.926. The summed E-state index contributed by atoms with van der Waals surface area (Å²) in [6.45, 7) is 4.87. The van der Waals surface area contributed by atoms with Crippen molar-refractivity contribution < 1.29 is 19.8 Å².